The molecule has 3 aromatic heterocycles. The second-order valence-electron chi connectivity index (χ2n) is 7.62. The maximum absolute atomic E-state index is 5.81. The van der Waals surface area contributed by atoms with Crippen LogP contribution in [0.5, 0.6) is 0 Å². The molecule has 0 atom stereocenters. The Balaban J connectivity index is 0.00000204. The second-order valence-corrected chi connectivity index (χ2v) is 10.8. The molecule has 4 aromatic rings. The summed E-state index contributed by atoms with van der Waals surface area (Å²) in [5, 5.41) is 0.941. The lowest BCUT2D eigenvalue weighted by Crippen LogP contribution is -2.06. The summed E-state index contributed by atoms with van der Waals surface area (Å²) in [7, 11) is 3.99. The van der Waals surface area contributed by atoms with Crippen molar-refractivity contribution in [1.82, 2.24) is 15.0 Å². The summed E-state index contributed by atoms with van der Waals surface area (Å²) >= 11 is 5.56. The molecule has 0 amide bonds. The number of nitrogens with one attached hydrogen (secondary N) is 1. The molecule has 11 heteroatoms. The highest BCUT2D eigenvalue weighted by molar-refractivity contribution is 8.00. The molecule has 0 unspecified atom stereocenters. The molecular formula is C24H31Cl3N4OS3. The number of aromatic amines is 1. The van der Waals surface area contributed by atoms with E-state index >= 15 is 0 Å². The number of furan rings is 1. The van der Waals surface area contributed by atoms with E-state index < -0.39 is 0 Å². The third kappa shape index (κ3) is 9.02. The SMILES string of the molecule is Cc1c(SCCCSCc2ccc(N(C)C)o2)ccnc1CSc1nc2ccccc2[nH]1.Cl.Cl.Cl. The number of aromatic nitrogens is 3. The van der Waals surface area contributed by atoms with Crippen LogP contribution in [-0.2, 0) is 11.5 Å². The number of anilines is 1. The normalized spacial score (nSPS) is 10.4. The van der Waals surface area contributed by atoms with Crippen LogP contribution in [0.4, 0.5) is 5.88 Å². The highest BCUT2D eigenvalue weighted by Gasteiger charge is 2.09. The number of nitrogens with zero attached hydrogens (tertiary/aromatic N) is 3. The number of thioether (sulfide) groups is 3. The summed E-state index contributed by atoms with van der Waals surface area (Å²) in [6, 6.07) is 14.4. The fourth-order valence-electron chi connectivity index (χ4n) is 3.20. The van der Waals surface area contributed by atoms with Crippen molar-refractivity contribution in [2.45, 2.75) is 34.9 Å². The Morgan fingerprint density at radius 1 is 0.943 bits per heavy atom. The molecule has 0 aliphatic carbocycles. The van der Waals surface area contributed by atoms with Crippen LogP contribution in [0.3, 0.4) is 0 Å². The summed E-state index contributed by atoms with van der Waals surface area (Å²) in [6.07, 6.45) is 3.10. The number of pyridine rings is 1. The monoisotopic (exact) mass is 592 g/mol. The minimum Gasteiger partial charge on any atom is -0.445 e. The summed E-state index contributed by atoms with van der Waals surface area (Å²) in [4.78, 5) is 16.0. The molecule has 0 saturated heterocycles. The van der Waals surface area contributed by atoms with Crippen molar-refractivity contribution in [3.8, 4) is 0 Å². The maximum atomic E-state index is 5.81. The maximum Gasteiger partial charge on any atom is 0.195 e. The zero-order valence-electron chi connectivity index (χ0n) is 19.9. The van der Waals surface area contributed by atoms with Gasteiger partial charge in [0.25, 0.3) is 0 Å². The Morgan fingerprint density at radius 2 is 1.74 bits per heavy atom. The number of benzene rings is 1. The van der Waals surface area contributed by atoms with E-state index in [2.05, 4.69) is 40.1 Å². The largest absolute Gasteiger partial charge is 0.445 e. The lowest BCUT2D eigenvalue weighted by molar-refractivity contribution is 0.530. The zero-order valence-corrected chi connectivity index (χ0v) is 24.8. The first-order valence-electron chi connectivity index (χ1n) is 10.6. The predicted molar refractivity (Wildman–Crippen MR) is 161 cm³/mol. The van der Waals surface area contributed by atoms with Gasteiger partial charge in [-0.25, -0.2) is 4.98 Å². The Bertz CT molecular complexity index is 1140. The molecule has 1 aromatic carbocycles. The lowest BCUT2D eigenvalue weighted by Gasteiger charge is -2.09. The molecule has 0 bridgehead atoms. The first-order chi connectivity index (χ1) is 15.6. The van der Waals surface area contributed by atoms with Gasteiger partial charge in [-0.1, -0.05) is 23.9 Å². The van der Waals surface area contributed by atoms with Crippen LogP contribution in [0.2, 0.25) is 0 Å². The van der Waals surface area contributed by atoms with Crippen molar-refractivity contribution in [3.63, 3.8) is 0 Å². The molecule has 4 rings (SSSR count). The molecule has 0 aliphatic rings. The quantitative estimate of drug-likeness (QED) is 0.140. The third-order valence-corrected chi connectivity index (χ3v) is 8.19. The van der Waals surface area contributed by atoms with E-state index in [9.17, 15) is 0 Å². The van der Waals surface area contributed by atoms with Crippen molar-refractivity contribution < 1.29 is 4.42 Å². The zero-order chi connectivity index (χ0) is 22.3. The number of H-pyrrole nitrogens is 1. The van der Waals surface area contributed by atoms with E-state index in [4.69, 9.17) is 4.42 Å². The Hall–Kier alpha value is -1.16. The Labute approximate surface area is 238 Å². The van der Waals surface area contributed by atoms with Gasteiger partial charge in [0.1, 0.15) is 5.76 Å². The predicted octanol–water partition coefficient (Wildman–Crippen LogP) is 7.90. The molecule has 5 nitrogen and oxygen atoms in total. The summed E-state index contributed by atoms with van der Waals surface area (Å²) in [5.74, 6) is 5.93. The average Bonchev–Trinajstić information content (AvgIpc) is 3.43. The Morgan fingerprint density at radius 3 is 2.49 bits per heavy atom. The molecule has 1 N–H and O–H groups in total. The first-order valence-corrected chi connectivity index (χ1v) is 13.7. The second kappa shape index (κ2) is 15.8. The van der Waals surface area contributed by atoms with E-state index in [-0.39, 0.29) is 37.2 Å². The summed E-state index contributed by atoms with van der Waals surface area (Å²) in [6.45, 7) is 2.18. The van der Waals surface area contributed by atoms with Crippen LogP contribution in [0.15, 0.2) is 63.1 Å². The molecule has 0 spiro atoms. The third-order valence-electron chi connectivity index (χ3n) is 5.00. The number of imidazole rings is 1. The van der Waals surface area contributed by atoms with Crippen molar-refractivity contribution in [2.24, 2.45) is 0 Å². The standard InChI is InChI=1S/C24H28N4OS3.3ClH/c1-17-21(16-32-24-26-19-7-4-5-8-20(19)27-24)25-12-11-22(17)31-14-6-13-30-15-18-9-10-23(29-18)28(2)3;;;/h4-5,7-12H,6,13-16H2,1-3H3,(H,26,27);3*1H. The van der Waals surface area contributed by atoms with Crippen molar-refractivity contribution >= 4 is 89.4 Å². The van der Waals surface area contributed by atoms with Crippen LogP contribution in [0.25, 0.3) is 11.0 Å². The van der Waals surface area contributed by atoms with Gasteiger partial charge in [0.15, 0.2) is 11.0 Å². The van der Waals surface area contributed by atoms with Gasteiger partial charge in [0.05, 0.1) is 22.5 Å². The van der Waals surface area contributed by atoms with E-state index in [0.717, 1.165) is 56.5 Å². The number of fused-ring (bicyclic) bond motifs is 1. The average molecular weight is 594 g/mol. The smallest absolute Gasteiger partial charge is 0.195 e. The fourth-order valence-corrected chi connectivity index (χ4v) is 6.14. The van der Waals surface area contributed by atoms with E-state index in [0.29, 0.717) is 0 Å². The highest BCUT2D eigenvalue weighted by Crippen LogP contribution is 2.29. The first kappa shape index (κ1) is 31.9. The number of hydrogen-bond donors (Lipinski definition) is 1. The van der Waals surface area contributed by atoms with E-state index in [1.807, 2.05) is 73.0 Å². The fraction of sp³-hybridized carbons (Fsp3) is 0.333. The Kier molecular flexibility index (Phi) is 14.4. The van der Waals surface area contributed by atoms with Crippen LogP contribution in [-0.4, -0.2) is 40.6 Å². The number of hydrogen-bond acceptors (Lipinski definition) is 7. The lowest BCUT2D eigenvalue weighted by atomic mass is 10.2. The molecule has 0 radical (unpaired) electrons. The minimum atomic E-state index is 0. The molecule has 192 valence electrons. The minimum absolute atomic E-state index is 0. The van der Waals surface area contributed by atoms with Crippen LogP contribution >= 0.6 is 72.5 Å². The van der Waals surface area contributed by atoms with Crippen LogP contribution < -0.4 is 4.90 Å². The highest BCUT2D eigenvalue weighted by atomic mass is 35.5. The van der Waals surface area contributed by atoms with Crippen LogP contribution in [0.1, 0.15) is 23.4 Å². The molecular weight excluding hydrogens is 563 g/mol. The van der Waals surface area contributed by atoms with Crippen molar-refractivity contribution in [3.05, 3.63) is 65.7 Å². The van der Waals surface area contributed by atoms with Gasteiger partial charge in [-0.3, -0.25) is 4.98 Å². The van der Waals surface area contributed by atoms with Gasteiger partial charge in [-0.05, 0) is 54.7 Å². The molecule has 0 saturated carbocycles. The van der Waals surface area contributed by atoms with Gasteiger partial charge in [0, 0.05) is 37.0 Å². The summed E-state index contributed by atoms with van der Waals surface area (Å²) < 4.78 is 5.81. The molecule has 35 heavy (non-hydrogen) atoms. The van der Waals surface area contributed by atoms with Crippen LogP contribution in [0, 0.1) is 6.92 Å². The topological polar surface area (TPSA) is 58.0 Å². The van der Waals surface area contributed by atoms with Crippen molar-refractivity contribution in [2.75, 3.05) is 30.5 Å². The molecule has 0 aliphatic heterocycles. The van der Waals surface area contributed by atoms with Gasteiger partial charge in [0.2, 0.25) is 0 Å². The van der Waals surface area contributed by atoms with E-state index in [1.165, 1.54) is 16.9 Å². The summed E-state index contributed by atoms with van der Waals surface area (Å²) in [5.41, 5.74) is 4.49. The van der Waals surface area contributed by atoms with Gasteiger partial charge in [-0.15, -0.1) is 49.0 Å². The number of rotatable bonds is 11. The van der Waals surface area contributed by atoms with Gasteiger partial charge in [-0.2, -0.15) is 11.8 Å². The molecule has 0 fully saturated rings. The number of halogens is 3. The van der Waals surface area contributed by atoms with Gasteiger partial charge < -0.3 is 14.3 Å². The molecule has 3 heterocycles. The number of para-hydroxylation sites is 2. The van der Waals surface area contributed by atoms with E-state index in [1.54, 1.807) is 11.8 Å². The van der Waals surface area contributed by atoms with Crippen molar-refractivity contribution in [1.29, 1.82) is 0 Å². The van der Waals surface area contributed by atoms with Gasteiger partial charge >= 0.3 is 0 Å².